The summed E-state index contributed by atoms with van der Waals surface area (Å²) in [6, 6.07) is 0. The summed E-state index contributed by atoms with van der Waals surface area (Å²) in [6.45, 7) is 10.2. The molecule has 0 aromatic rings. The van der Waals surface area contributed by atoms with Crippen LogP contribution in [0.2, 0.25) is 0 Å². The van der Waals surface area contributed by atoms with Gasteiger partial charge >= 0.3 is 22.9 Å². The predicted octanol–water partition coefficient (Wildman–Crippen LogP) is 3.97. The maximum atomic E-state index is 12.3. The molecule has 18 heteroatoms. The Kier molecular flexibility index (Phi) is 8.67. The molecule has 182 valence electrons. The second-order valence-electron chi connectivity index (χ2n) is 6.18. The Morgan fingerprint density at radius 2 is 0.933 bits per heavy atom. The van der Waals surface area contributed by atoms with Crippen LogP contribution < -0.4 is 0 Å². The highest BCUT2D eigenvalue weighted by Gasteiger charge is 2.68. The zero-order valence-electron chi connectivity index (χ0n) is 15.4. The van der Waals surface area contributed by atoms with Crippen LogP contribution in [0.25, 0.3) is 4.13 Å². The number of hydrogen-bond donors (Lipinski definition) is 0. The Hall–Kier alpha value is -0.880. The summed E-state index contributed by atoms with van der Waals surface area (Å²) in [5.41, 5.74) is 0. The molecule has 0 spiro atoms. The number of sulfonamides is 2. The van der Waals surface area contributed by atoms with Gasteiger partial charge in [-0.15, -0.1) is 0 Å². The minimum Gasteiger partial charge on any atom is -0.425 e. The predicted molar refractivity (Wildman–Crippen MR) is 83.5 cm³/mol. The lowest BCUT2D eigenvalue weighted by atomic mass is 10.4. The van der Waals surface area contributed by atoms with Crippen LogP contribution in [-0.4, -0.2) is 70.4 Å². The normalized spacial score (nSPS) is 18.7. The molecule has 6 nitrogen and oxygen atoms in total. The summed E-state index contributed by atoms with van der Waals surface area (Å²) in [4.78, 5) is 0. The van der Waals surface area contributed by atoms with E-state index in [0.717, 1.165) is 0 Å². The van der Waals surface area contributed by atoms with Gasteiger partial charge in [-0.2, -0.15) is 43.9 Å². The molecule has 0 bridgehead atoms. The van der Waals surface area contributed by atoms with Gasteiger partial charge in [0.25, 0.3) is 0 Å². The number of quaternary nitrogens is 1. The van der Waals surface area contributed by atoms with Crippen LogP contribution in [0.5, 0.6) is 0 Å². The first-order valence-corrected chi connectivity index (χ1v) is 10.9. The topological polar surface area (TPSA) is 82.4 Å². The molecule has 0 aromatic carbocycles. The van der Waals surface area contributed by atoms with E-state index in [4.69, 9.17) is 0 Å². The number of hydrogen-bond acceptors (Lipinski definition) is 4. The lowest BCUT2D eigenvalue weighted by Gasteiger charge is -2.31. The first-order chi connectivity index (χ1) is 13.0. The number of nitrogens with zero attached hydrogens (tertiary/aromatic N) is 2. The van der Waals surface area contributed by atoms with Crippen LogP contribution in [-0.2, 0) is 20.0 Å². The third-order valence-electron chi connectivity index (χ3n) is 4.36. The maximum Gasteiger partial charge on any atom is 0.467 e. The van der Waals surface area contributed by atoms with Gasteiger partial charge in [-0.1, -0.05) is 0 Å². The Labute approximate surface area is 165 Å². The van der Waals surface area contributed by atoms with Crippen LogP contribution in [0.1, 0.15) is 26.7 Å². The van der Waals surface area contributed by atoms with Crippen LogP contribution in [0, 0.1) is 0 Å². The van der Waals surface area contributed by atoms with Gasteiger partial charge in [-0.25, -0.2) is 16.8 Å². The van der Waals surface area contributed by atoms with Gasteiger partial charge in [0.1, 0.15) is 0 Å². The van der Waals surface area contributed by atoms with Gasteiger partial charge < -0.3 is 8.61 Å². The van der Waals surface area contributed by atoms with E-state index in [-0.39, 0.29) is 0 Å². The van der Waals surface area contributed by atoms with Crippen molar-refractivity contribution >= 4 is 20.0 Å². The molecule has 0 aliphatic carbocycles. The Balaban J connectivity index is 0.000000769. The van der Waals surface area contributed by atoms with E-state index in [1.807, 2.05) is 0 Å². The monoisotopic (exact) mass is 508 g/mol. The maximum absolute atomic E-state index is 12.3. The lowest BCUT2D eigenvalue weighted by molar-refractivity contribution is -0.913. The van der Waals surface area contributed by atoms with Gasteiger partial charge in [0.05, 0.1) is 26.2 Å². The zero-order chi connectivity index (χ0) is 24.4. The molecule has 0 N–H and O–H groups in total. The molecule has 1 rings (SSSR count). The number of likely N-dealkylation sites (tertiary alicyclic amines) is 1. The number of alkyl halides is 10. The molecule has 30 heavy (non-hydrogen) atoms. The van der Waals surface area contributed by atoms with Crippen molar-refractivity contribution < 1.29 is 65.2 Å². The lowest BCUT2D eigenvalue weighted by Crippen LogP contribution is -2.48. The molecule has 0 unspecified atom stereocenters. The fraction of sp³-hybridized carbons (Fsp3) is 1.00. The second kappa shape index (κ2) is 8.93. The van der Waals surface area contributed by atoms with Gasteiger partial charge in [-0.05, 0) is 13.8 Å². The van der Waals surface area contributed by atoms with E-state index in [2.05, 4.69) is 13.8 Å². The fourth-order valence-corrected chi connectivity index (χ4v) is 4.74. The minimum absolute atomic E-state index is 0.422. The van der Waals surface area contributed by atoms with Gasteiger partial charge in [0.2, 0.25) is 0 Å². The van der Waals surface area contributed by atoms with Gasteiger partial charge in [0.15, 0.2) is 20.0 Å². The van der Waals surface area contributed by atoms with Crippen LogP contribution in [0.4, 0.5) is 43.9 Å². The Morgan fingerprint density at radius 3 is 1.10 bits per heavy atom. The van der Waals surface area contributed by atoms with Crippen molar-refractivity contribution in [2.75, 3.05) is 26.2 Å². The summed E-state index contributed by atoms with van der Waals surface area (Å²) in [6.07, 6.45) is -11.1. The SMILES string of the molecule is CC[N+]1(CC)CCCC1.O=S(=O)([N-]S(=O)(=O)C(F)(F)C(F)(F)F)C(F)(F)C(F)(F)F. The van der Waals surface area contributed by atoms with Crippen molar-refractivity contribution in [3.05, 3.63) is 4.13 Å². The van der Waals surface area contributed by atoms with E-state index < -0.39 is 42.9 Å². The number of rotatable bonds is 6. The Morgan fingerprint density at radius 1 is 0.667 bits per heavy atom. The van der Waals surface area contributed by atoms with Crippen molar-refractivity contribution in [2.24, 2.45) is 0 Å². The zero-order valence-corrected chi connectivity index (χ0v) is 17.0. The average Bonchev–Trinajstić information content (AvgIpc) is 3.01. The standard InChI is InChI=1S/C8H18N.C4F10NO4S2/c1-3-9(4-2)7-5-6-8-9;5-1(6,7)3(11,12)20(16,17)15-21(18,19)4(13,14)2(8,9)10/h3-8H2,1-2H3;/q+1;-1. The molecule has 1 fully saturated rings. The highest BCUT2D eigenvalue weighted by Crippen LogP contribution is 2.47. The van der Waals surface area contributed by atoms with Gasteiger partial charge in [0, 0.05) is 12.8 Å². The summed E-state index contributed by atoms with van der Waals surface area (Å²) in [7, 11) is -15.2. The van der Waals surface area contributed by atoms with E-state index in [1.54, 1.807) is 0 Å². The van der Waals surface area contributed by atoms with Crippen LogP contribution in [0.3, 0.4) is 0 Å². The first kappa shape index (κ1) is 29.1. The minimum atomic E-state index is -7.62. The second-order valence-corrected chi connectivity index (χ2v) is 9.70. The van der Waals surface area contributed by atoms with Gasteiger partial charge in [-0.3, -0.25) is 0 Å². The van der Waals surface area contributed by atoms with E-state index in [0.29, 0.717) is 4.13 Å². The van der Waals surface area contributed by atoms with Crippen molar-refractivity contribution in [3.63, 3.8) is 0 Å². The van der Waals surface area contributed by atoms with Crippen molar-refractivity contribution in [1.82, 2.24) is 0 Å². The first-order valence-electron chi connectivity index (χ1n) is 8.01. The van der Waals surface area contributed by atoms with E-state index in [9.17, 15) is 60.7 Å². The molecule has 0 aromatic heterocycles. The number of halogens is 10. The van der Waals surface area contributed by atoms with E-state index in [1.165, 1.54) is 43.5 Å². The molecule has 0 atom stereocenters. The smallest absolute Gasteiger partial charge is 0.425 e. The quantitative estimate of drug-likeness (QED) is 0.402. The highest BCUT2D eigenvalue weighted by molar-refractivity contribution is 8.13. The summed E-state index contributed by atoms with van der Waals surface area (Å²) in [5.74, 6) is 0. The summed E-state index contributed by atoms with van der Waals surface area (Å²) < 4.78 is 162. The molecule has 1 aliphatic rings. The van der Waals surface area contributed by atoms with Crippen molar-refractivity contribution in [3.8, 4) is 0 Å². The summed E-state index contributed by atoms with van der Waals surface area (Å²) >= 11 is 0. The fourth-order valence-electron chi connectivity index (χ4n) is 2.38. The third-order valence-corrected chi connectivity index (χ3v) is 7.69. The molecule has 1 saturated heterocycles. The Bertz CT molecular complexity index is 725. The van der Waals surface area contributed by atoms with Crippen molar-refractivity contribution in [1.29, 1.82) is 0 Å². The van der Waals surface area contributed by atoms with E-state index >= 15 is 0 Å². The van der Waals surface area contributed by atoms with Crippen LogP contribution >= 0.6 is 0 Å². The third kappa shape index (κ3) is 5.87. The molecule has 0 amide bonds. The highest BCUT2D eigenvalue weighted by atomic mass is 32.3. The molecule has 0 radical (unpaired) electrons. The summed E-state index contributed by atoms with van der Waals surface area (Å²) in [5, 5.41) is -14.0. The van der Waals surface area contributed by atoms with Crippen LogP contribution in [0.15, 0.2) is 0 Å². The molecular formula is C12H18F10N2O4S2. The largest absolute Gasteiger partial charge is 0.467 e. The van der Waals surface area contributed by atoms with Crippen molar-refractivity contribution in [2.45, 2.75) is 49.6 Å². The molecule has 1 heterocycles. The molecule has 1 aliphatic heterocycles. The average molecular weight is 508 g/mol. The molecule has 0 saturated carbocycles. The molecular weight excluding hydrogens is 490 g/mol.